The Bertz CT molecular complexity index is 1480. The van der Waals surface area contributed by atoms with Crippen LogP contribution in [0.4, 0.5) is 10.1 Å². The van der Waals surface area contributed by atoms with Gasteiger partial charge in [0.05, 0.1) is 11.4 Å². The first-order chi connectivity index (χ1) is 20.3. The number of benzene rings is 1. The molecule has 0 atom stereocenters. The van der Waals surface area contributed by atoms with E-state index in [1.165, 1.54) is 23.8 Å². The second kappa shape index (κ2) is 14.3. The number of nitrogens with two attached hydrogens (primary N) is 3. The number of primary amides is 1. The minimum atomic E-state index is -0.531. The first-order valence-electron chi connectivity index (χ1n) is 13.8. The molecule has 1 fully saturated rings. The fraction of sp³-hybridized carbons (Fsp3) is 0.290. The van der Waals surface area contributed by atoms with Crippen LogP contribution in [-0.4, -0.2) is 53.8 Å². The van der Waals surface area contributed by atoms with E-state index >= 15 is 0 Å². The maximum Gasteiger partial charge on any atom is 0.276 e. The summed E-state index contributed by atoms with van der Waals surface area (Å²) in [5.74, 6) is 6.04. The number of hydrogen-bond acceptors (Lipinski definition) is 9. The summed E-state index contributed by atoms with van der Waals surface area (Å²) in [5, 5.41) is 5.28. The second-order valence-electron chi connectivity index (χ2n) is 10.0. The maximum atomic E-state index is 14.7. The van der Waals surface area contributed by atoms with Gasteiger partial charge in [0.2, 0.25) is 11.7 Å². The van der Waals surface area contributed by atoms with E-state index in [9.17, 15) is 9.18 Å². The molecule has 10 nitrogen and oxygen atoms in total. The largest absolute Gasteiger partial charge is 0.392 e. The molecule has 4 rings (SSSR count). The number of halogens is 1. The number of para-hydroxylation sites is 1. The lowest BCUT2D eigenvalue weighted by Gasteiger charge is -2.30. The van der Waals surface area contributed by atoms with Gasteiger partial charge in [-0.3, -0.25) is 14.8 Å². The lowest BCUT2D eigenvalue weighted by atomic mass is 9.96. The summed E-state index contributed by atoms with van der Waals surface area (Å²) in [6.07, 6.45) is 16.1. The number of hydrogen-bond donors (Lipinski definition) is 3. The molecule has 11 heteroatoms. The fourth-order valence-corrected chi connectivity index (χ4v) is 4.89. The van der Waals surface area contributed by atoms with Crippen LogP contribution in [0.2, 0.25) is 0 Å². The van der Waals surface area contributed by atoms with E-state index in [-0.39, 0.29) is 34.8 Å². The molecule has 6 N–H and O–H groups in total. The number of anilines is 1. The molecule has 1 aromatic carbocycles. The van der Waals surface area contributed by atoms with E-state index in [1.807, 2.05) is 12.2 Å². The van der Waals surface area contributed by atoms with Crippen molar-refractivity contribution in [1.82, 2.24) is 15.0 Å². The number of hydrazine groups is 1. The number of carbonyl (C=O) groups is 1. The van der Waals surface area contributed by atoms with E-state index in [0.717, 1.165) is 49.5 Å². The molecule has 0 bridgehead atoms. The minimum Gasteiger partial charge on any atom is -0.392 e. The van der Waals surface area contributed by atoms with Crippen LogP contribution in [0.1, 0.15) is 37.4 Å². The zero-order valence-corrected chi connectivity index (χ0v) is 23.7. The highest BCUT2D eigenvalue weighted by atomic mass is 19.1. The van der Waals surface area contributed by atoms with Crippen molar-refractivity contribution in [3.8, 4) is 0 Å². The van der Waals surface area contributed by atoms with Gasteiger partial charge < -0.3 is 20.9 Å². The summed E-state index contributed by atoms with van der Waals surface area (Å²) in [6.45, 7) is 6.52. The highest BCUT2D eigenvalue weighted by Gasteiger charge is 2.24. The summed E-state index contributed by atoms with van der Waals surface area (Å²) >= 11 is 0. The number of piperidine rings is 1. The van der Waals surface area contributed by atoms with Gasteiger partial charge in [0.15, 0.2) is 0 Å². The number of carbonyl (C=O) groups excluding carboxylic acids is 1. The average Bonchev–Trinajstić information content (AvgIpc) is 3.37. The molecule has 2 aliphatic rings. The zero-order chi connectivity index (χ0) is 30.1. The summed E-state index contributed by atoms with van der Waals surface area (Å²) in [7, 11) is 1.62. The SMILES string of the molecule is C=CC(=C\C=NC)/C(=C(/N)c1nc(C2=CCC=C(CCN3CCC(C(N)=O)CC3)C=C2)no1)N(N)c1ccccc1F. The van der Waals surface area contributed by atoms with Crippen LogP contribution >= 0.6 is 0 Å². The molecular formula is C31H37FN8O2. The van der Waals surface area contributed by atoms with Crippen molar-refractivity contribution in [3.05, 3.63) is 102 Å². The molecule has 1 aliphatic carbocycles. The van der Waals surface area contributed by atoms with Crippen molar-refractivity contribution in [2.24, 2.45) is 28.2 Å². The van der Waals surface area contributed by atoms with Crippen molar-refractivity contribution in [1.29, 1.82) is 0 Å². The Morgan fingerprint density at radius 3 is 2.69 bits per heavy atom. The van der Waals surface area contributed by atoms with Gasteiger partial charge in [0.25, 0.3) is 5.89 Å². The third-order valence-electron chi connectivity index (χ3n) is 7.32. The van der Waals surface area contributed by atoms with Gasteiger partial charge in [0, 0.05) is 36.9 Å². The highest BCUT2D eigenvalue weighted by molar-refractivity contribution is 5.81. The maximum absolute atomic E-state index is 14.7. The van der Waals surface area contributed by atoms with Crippen molar-refractivity contribution in [2.45, 2.75) is 25.7 Å². The minimum absolute atomic E-state index is 0.0122. The Morgan fingerprint density at radius 1 is 1.24 bits per heavy atom. The number of likely N-dealkylation sites (tertiary alicyclic amines) is 1. The number of allylic oxidation sites excluding steroid dienone is 7. The zero-order valence-electron chi connectivity index (χ0n) is 23.7. The molecular weight excluding hydrogens is 535 g/mol. The molecule has 1 aromatic heterocycles. The van der Waals surface area contributed by atoms with E-state index in [4.69, 9.17) is 21.8 Å². The molecule has 0 saturated carbocycles. The molecule has 1 aliphatic heterocycles. The predicted molar refractivity (Wildman–Crippen MR) is 164 cm³/mol. The van der Waals surface area contributed by atoms with Crippen molar-refractivity contribution in [3.63, 3.8) is 0 Å². The van der Waals surface area contributed by atoms with Gasteiger partial charge in [-0.15, -0.1) is 0 Å². The topological polar surface area (TPSA) is 153 Å². The van der Waals surface area contributed by atoms with Crippen LogP contribution in [0, 0.1) is 11.7 Å². The van der Waals surface area contributed by atoms with E-state index < -0.39 is 5.82 Å². The number of aromatic nitrogens is 2. The van der Waals surface area contributed by atoms with Gasteiger partial charge in [-0.1, -0.05) is 59.8 Å². The van der Waals surface area contributed by atoms with Gasteiger partial charge in [-0.25, -0.2) is 10.2 Å². The highest BCUT2D eigenvalue weighted by Crippen LogP contribution is 2.29. The van der Waals surface area contributed by atoms with Crippen LogP contribution in [0.3, 0.4) is 0 Å². The van der Waals surface area contributed by atoms with E-state index in [1.54, 1.807) is 31.5 Å². The monoisotopic (exact) mass is 572 g/mol. The second-order valence-corrected chi connectivity index (χ2v) is 10.0. The third kappa shape index (κ3) is 7.36. The van der Waals surface area contributed by atoms with Crippen molar-refractivity contribution < 1.29 is 13.7 Å². The first-order valence-corrected chi connectivity index (χ1v) is 13.8. The average molecular weight is 573 g/mol. The smallest absolute Gasteiger partial charge is 0.276 e. The fourth-order valence-electron chi connectivity index (χ4n) is 4.89. The summed E-state index contributed by atoms with van der Waals surface area (Å²) in [5.41, 5.74) is 14.8. The first kappa shape index (κ1) is 30.4. The summed E-state index contributed by atoms with van der Waals surface area (Å²) < 4.78 is 20.2. The quantitative estimate of drug-likeness (QED) is 0.159. The lowest BCUT2D eigenvalue weighted by molar-refractivity contribution is -0.123. The van der Waals surface area contributed by atoms with Crippen LogP contribution in [0.5, 0.6) is 0 Å². The molecule has 1 amide bonds. The van der Waals surface area contributed by atoms with Crippen LogP contribution < -0.4 is 22.3 Å². The number of amides is 1. The van der Waals surface area contributed by atoms with Crippen molar-refractivity contribution in [2.75, 3.05) is 31.7 Å². The Labute approximate surface area is 245 Å². The van der Waals surface area contributed by atoms with Crippen LogP contribution in [-0.2, 0) is 4.79 Å². The Morgan fingerprint density at radius 2 is 2.00 bits per heavy atom. The van der Waals surface area contributed by atoms with Gasteiger partial charge in [-0.05, 0) is 57.0 Å². The molecule has 0 radical (unpaired) electrons. The number of aliphatic imine (C=N–C) groups is 1. The van der Waals surface area contributed by atoms with E-state index in [2.05, 4.69) is 38.8 Å². The van der Waals surface area contributed by atoms with E-state index in [0.29, 0.717) is 17.8 Å². The normalized spacial score (nSPS) is 17.5. The standard InChI is InChI=1S/C31H37FN8O2/c1-3-22(13-17-36-2)28(40(35)26-10-5-4-9-25(26)32)27(33)31-37-30(38-42-31)24-8-6-7-21(11-12-24)14-18-39-19-15-23(16-20-39)29(34)41/h3-5,7-13,17,23H,1,6,14-16,18-20,33,35H2,2H3,(H2,34,41)/b22-13+,28-27-,36-17?. The Hall–Kier alpha value is -4.61. The van der Waals surface area contributed by atoms with Crippen LogP contribution in [0.25, 0.3) is 11.3 Å². The predicted octanol–water partition coefficient (Wildman–Crippen LogP) is 3.89. The molecule has 2 aromatic rings. The molecule has 0 unspecified atom stereocenters. The molecule has 1 saturated heterocycles. The molecule has 2 heterocycles. The van der Waals surface area contributed by atoms with Gasteiger partial charge in [0.1, 0.15) is 11.5 Å². The Balaban J connectivity index is 1.52. The molecule has 42 heavy (non-hydrogen) atoms. The van der Waals surface area contributed by atoms with Crippen LogP contribution in [0.15, 0.2) is 93.7 Å². The Kier molecular flexibility index (Phi) is 10.4. The van der Waals surface area contributed by atoms with Crippen molar-refractivity contribution >= 4 is 29.1 Å². The van der Waals surface area contributed by atoms with Gasteiger partial charge in [-0.2, -0.15) is 4.98 Å². The lowest BCUT2D eigenvalue weighted by Crippen LogP contribution is -2.38. The summed E-state index contributed by atoms with van der Waals surface area (Å²) in [6, 6.07) is 6.07. The van der Waals surface area contributed by atoms with Gasteiger partial charge >= 0.3 is 0 Å². The number of rotatable bonds is 11. The molecule has 220 valence electrons. The summed E-state index contributed by atoms with van der Waals surface area (Å²) in [4.78, 5) is 22.3. The number of nitrogens with zero attached hydrogens (tertiary/aromatic N) is 5. The molecule has 0 spiro atoms. The third-order valence-corrected chi connectivity index (χ3v) is 7.32.